The molecule has 0 saturated carbocycles. The van der Waals surface area contributed by atoms with Gasteiger partial charge in [-0.2, -0.15) is 0 Å². The molecule has 0 aliphatic carbocycles. The Labute approximate surface area is 156 Å². The number of carbonyl (C=O) groups is 2. The Kier molecular flexibility index (Phi) is 4.70. The highest BCUT2D eigenvalue weighted by molar-refractivity contribution is 6.07. The zero-order valence-electron chi connectivity index (χ0n) is 14.7. The van der Waals surface area contributed by atoms with Crippen molar-refractivity contribution in [3.63, 3.8) is 0 Å². The largest absolute Gasteiger partial charge is 0.467 e. The van der Waals surface area contributed by atoms with E-state index in [1.807, 2.05) is 18.2 Å². The molecule has 1 N–H and O–H groups in total. The summed E-state index contributed by atoms with van der Waals surface area (Å²) >= 11 is 0. The lowest BCUT2D eigenvalue weighted by Gasteiger charge is -2.29. The lowest BCUT2D eigenvalue weighted by molar-refractivity contribution is 0.0943. The van der Waals surface area contributed by atoms with Crippen LogP contribution in [0.25, 0.3) is 0 Å². The molecule has 1 aromatic carbocycles. The molecule has 0 spiro atoms. The number of fused-ring (bicyclic) bond motifs is 1. The van der Waals surface area contributed by atoms with E-state index in [-0.39, 0.29) is 24.1 Å². The van der Waals surface area contributed by atoms with Crippen LogP contribution in [0.2, 0.25) is 0 Å². The van der Waals surface area contributed by atoms with Crippen LogP contribution in [0.3, 0.4) is 0 Å². The number of hydrogen-bond acceptors (Lipinski definition) is 4. The fourth-order valence-corrected chi connectivity index (χ4v) is 3.26. The van der Waals surface area contributed by atoms with Crippen LogP contribution >= 0.6 is 0 Å². The standard InChI is InChI=1S/C21H19N3O3/c25-20(23-14-17-7-4-12-27-17)18-13-16(9-10-22-18)21(26)24-11-3-6-15-5-1-2-8-19(15)24/h1-2,4-5,7-10,12-13H,3,6,11,14H2,(H,23,25). The number of nitrogens with one attached hydrogen (secondary N) is 1. The average Bonchev–Trinajstić information content (AvgIpc) is 3.25. The monoisotopic (exact) mass is 361 g/mol. The van der Waals surface area contributed by atoms with E-state index in [0.717, 1.165) is 18.5 Å². The van der Waals surface area contributed by atoms with Gasteiger partial charge in [-0.05, 0) is 48.7 Å². The fourth-order valence-electron chi connectivity index (χ4n) is 3.26. The van der Waals surface area contributed by atoms with Gasteiger partial charge in [0.25, 0.3) is 11.8 Å². The van der Waals surface area contributed by atoms with Gasteiger partial charge < -0.3 is 14.6 Å². The van der Waals surface area contributed by atoms with Gasteiger partial charge >= 0.3 is 0 Å². The summed E-state index contributed by atoms with van der Waals surface area (Å²) in [6.45, 7) is 0.934. The summed E-state index contributed by atoms with van der Waals surface area (Å²) in [5, 5.41) is 2.74. The van der Waals surface area contributed by atoms with Crippen molar-refractivity contribution < 1.29 is 14.0 Å². The van der Waals surface area contributed by atoms with Gasteiger partial charge in [-0.15, -0.1) is 0 Å². The number of amides is 2. The number of carbonyl (C=O) groups excluding carboxylic acids is 2. The van der Waals surface area contributed by atoms with Crippen molar-refractivity contribution in [2.45, 2.75) is 19.4 Å². The first kappa shape index (κ1) is 17.0. The van der Waals surface area contributed by atoms with Gasteiger partial charge in [0, 0.05) is 24.0 Å². The number of aromatic nitrogens is 1. The van der Waals surface area contributed by atoms with Crippen LogP contribution < -0.4 is 10.2 Å². The maximum Gasteiger partial charge on any atom is 0.270 e. The van der Waals surface area contributed by atoms with Crippen molar-refractivity contribution >= 4 is 17.5 Å². The third-order valence-electron chi connectivity index (χ3n) is 4.60. The molecular formula is C21H19N3O3. The SMILES string of the molecule is O=C(NCc1ccco1)c1cc(C(=O)N2CCCc3ccccc32)ccn1. The molecule has 6 nitrogen and oxygen atoms in total. The molecule has 3 aromatic rings. The second kappa shape index (κ2) is 7.45. The van der Waals surface area contributed by atoms with Crippen LogP contribution in [-0.2, 0) is 13.0 Å². The van der Waals surface area contributed by atoms with Gasteiger partial charge in [-0.1, -0.05) is 18.2 Å². The van der Waals surface area contributed by atoms with Crippen molar-refractivity contribution in [2.75, 3.05) is 11.4 Å². The normalized spacial score (nSPS) is 13.1. The first-order valence-electron chi connectivity index (χ1n) is 8.89. The van der Waals surface area contributed by atoms with Gasteiger partial charge in [0.1, 0.15) is 11.5 Å². The van der Waals surface area contributed by atoms with Gasteiger partial charge in [0.05, 0.1) is 12.8 Å². The maximum atomic E-state index is 13.0. The molecule has 0 bridgehead atoms. The van der Waals surface area contributed by atoms with E-state index in [4.69, 9.17) is 4.42 Å². The molecule has 4 rings (SSSR count). The minimum atomic E-state index is -0.347. The fraction of sp³-hybridized carbons (Fsp3) is 0.190. The molecule has 27 heavy (non-hydrogen) atoms. The van der Waals surface area contributed by atoms with E-state index in [9.17, 15) is 9.59 Å². The number of benzene rings is 1. The molecule has 2 aromatic heterocycles. The lowest BCUT2D eigenvalue weighted by atomic mass is 10.0. The molecule has 2 amide bonds. The smallest absolute Gasteiger partial charge is 0.270 e. The third-order valence-corrected chi connectivity index (χ3v) is 4.60. The van der Waals surface area contributed by atoms with E-state index in [0.29, 0.717) is 17.9 Å². The van der Waals surface area contributed by atoms with Crippen LogP contribution in [0.1, 0.15) is 38.6 Å². The zero-order chi connectivity index (χ0) is 18.6. The number of furan rings is 1. The van der Waals surface area contributed by atoms with Gasteiger partial charge in [-0.25, -0.2) is 0 Å². The summed E-state index contributed by atoms with van der Waals surface area (Å²) in [5.41, 5.74) is 2.76. The van der Waals surface area contributed by atoms with Crippen LogP contribution in [0.5, 0.6) is 0 Å². The molecule has 0 radical (unpaired) electrons. The van der Waals surface area contributed by atoms with Crippen molar-refractivity contribution in [2.24, 2.45) is 0 Å². The third kappa shape index (κ3) is 3.60. The summed E-state index contributed by atoms with van der Waals surface area (Å²) in [6.07, 6.45) is 4.93. The molecule has 1 aliphatic rings. The van der Waals surface area contributed by atoms with Crippen LogP contribution in [0.4, 0.5) is 5.69 Å². The van der Waals surface area contributed by atoms with Crippen molar-refractivity contribution in [1.29, 1.82) is 0 Å². The number of para-hydroxylation sites is 1. The Morgan fingerprint density at radius 1 is 1.15 bits per heavy atom. The number of aryl methyl sites for hydroxylation is 1. The van der Waals surface area contributed by atoms with Crippen LogP contribution in [-0.4, -0.2) is 23.3 Å². The molecule has 3 heterocycles. The lowest BCUT2D eigenvalue weighted by Crippen LogP contribution is -2.35. The highest BCUT2D eigenvalue weighted by Crippen LogP contribution is 2.28. The molecule has 136 valence electrons. The highest BCUT2D eigenvalue weighted by Gasteiger charge is 2.24. The first-order chi connectivity index (χ1) is 13.2. The minimum Gasteiger partial charge on any atom is -0.467 e. The number of rotatable bonds is 4. The van der Waals surface area contributed by atoms with Gasteiger partial charge in [0.2, 0.25) is 0 Å². The molecular weight excluding hydrogens is 342 g/mol. The van der Waals surface area contributed by atoms with E-state index in [1.54, 1.807) is 29.4 Å². The van der Waals surface area contributed by atoms with Gasteiger partial charge in [0.15, 0.2) is 0 Å². The summed E-state index contributed by atoms with van der Waals surface area (Å²) in [6, 6.07) is 14.7. The molecule has 1 aliphatic heterocycles. The van der Waals surface area contributed by atoms with E-state index in [2.05, 4.69) is 16.4 Å². The Balaban J connectivity index is 1.52. The second-order valence-electron chi connectivity index (χ2n) is 6.38. The Hall–Kier alpha value is -3.41. The average molecular weight is 361 g/mol. The predicted molar refractivity (Wildman–Crippen MR) is 101 cm³/mol. The highest BCUT2D eigenvalue weighted by atomic mass is 16.3. The summed E-state index contributed by atoms with van der Waals surface area (Å²) in [4.78, 5) is 31.3. The Morgan fingerprint density at radius 2 is 2.04 bits per heavy atom. The molecule has 0 saturated heterocycles. The minimum absolute atomic E-state index is 0.121. The number of pyridine rings is 1. The summed E-state index contributed by atoms with van der Waals surface area (Å²) in [7, 11) is 0. The van der Waals surface area contributed by atoms with Crippen molar-refractivity contribution in [3.8, 4) is 0 Å². The summed E-state index contributed by atoms with van der Waals surface area (Å²) in [5.74, 6) is 0.185. The zero-order valence-corrected chi connectivity index (χ0v) is 14.7. The molecule has 0 atom stereocenters. The predicted octanol–water partition coefficient (Wildman–Crippen LogP) is 3.20. The molecule has 6 heteroatoms. The molecule has 0 fully saturated rings. The number of hydrogen-bond donors (Lipinski definition) is 1. The van der Waals surface area contributed by atoms with Crippen molar-refractivity contribution in [1.82, 2.24) is 10.3 Å². The summed E-state index contributed by atoms with van der Waals surface area (Å²) < 4.78 is 5.20. The van der Waals surface area contributed by atoms with Gasteiger partial charge in [-0.3, -0.25) is 14.6 Å². The van der Waals surface area contributed by atoms with Crippen LogP contribution in [0.15, 0.2) is 65.4 Å². The number of anilines is 1. The molecule has 0 unspecified atom stereocenters. The van der Waals surface area contributed by atoms with Crippen LogP contribution in [0, 0.1) is 0 Å². The van der Waals surface area contributed by atoms with Crippen molar-refractivity contribution in [3.05, 3.63) is 83.6 Å². The second-order valence-corrected chi connectivity index (χ2v) is 6.38. The quantitative estimate of drug-likeness (QED) is 0.774. The van der Waals surface area contributed by atoms with E-state index in [1.165, 1.54) is 17.8 Å². The Morgan fingerprint density at radius 3 is 2.89 bits per heavy atom. The first-order valence-corrected chi connectivity index (χ1v) is 8.89. The topological polar surface area (TPSA) is 75.4 Å². The van der Waals surface area contributed by atoms with E-state index >= 15 is 0 Å². The maximum absolute atomic E-state index is 13.0. The van der Waals surface area contributed by atoms with E-state index < -0.39 is 0 Å². The number of nitrogens with zero attached hydrogens (tertiary/aromatic N) is 2. The Bertz CT molecular complexity index is 966.